The third-order valence-electron chi connectivity index (χ3n) is 5.38. The van der Waals surface area contributed by atoms with Gasteiger partial charge in [0.25, 0.3) is 5.91 Å². The number of amides is 2. The first-order chi connectivity index (χ1) is 18.2. The summed E-state index contributed by atoms with van der Waals surface area (Å²) in [5.41, 5.74) is 0.356. The first-order valence-electron chi connectivity index (χ1n) is 11.5. The monoisotopic (exact) mass is 564 g/mol. The second-order valence-electron chi connectivity index (χ2n) is 9.54. The van der Waals surface area contributed by atoms with Crippen LogP contribution in [0.4, 0.5) is 23.7 Å². The summed E-state index contributed by atoms with van der Waals surface area (Å²) in [4.78, 5) is 43.0. The third-order valence-corrected chi connectivity index (χ3v) is 6.53. The van der Waals surface area contributed by atoms with Gasteiger partial charge in [0, 0.05) is 16.2 Å². The average Bonchev–Trinajstić information content (AvgIpc) is 3.31. The first kappa shape index (κ1) is 28.0. The van der Waals surface area contributed by atoms with Crippen molar-refractivity contribution in [1.29, 1.82) is 0 Å². The minimum atomic E-state index is -4.78. The molecule has 0 fully saturated rings. The van der Waals surface area contributed by atoms with Crippen LogP contribution in [0.2, 0.25) is 0 Å². The van der Waals surface area contributed by atoms with E-state index in [-0.39, 0.29) is 29.2 Å². The molecule has 0 radical (unpaired) electrons. The van der Waals surface area contributed by atoms with Crippen molar-refractivity contribution >= 4 is 35.4 Å². The predicted octanol–water partition coefficient (Wildman–Crippen LogP) is 4.99. The molecule has 2 N–H and O–H groups in total. The van der Waals surface area contributed by atoms with Crippen LogP contribution >= 0.6 is 11.8 Å². The number of benzene rings is 2. The van der Waals surface area contributed by atoms with Crippen molar-refractivity contribution in [3.63, 3.8) is 0 Å². The number of alkyl halides is 3. The second kappa shape index (κ2) is 10.6. The lowest BCUT2D eigenvalue weighted by Crippen LogP contribution is -2.50. The maximum atomic E-state index is 13.6. The molecule has 0 bridgehead atoms. The Kier molecular flexibility index (Phi) is 7.59. The Hall–Kier alpha value is -4.07. The van der Waals surface area contributed by atoms with Gasteiger partial charge in [-0.05, 0) is 44.5 Å². The highest BCUT2D eigenvalue weighted by molar-refractivity contribution is 7.99. The number of ether oxygens (including phenoxy) is 1. The van der Waals surface area contributed by atoms with E-state index >= 15 is 0 Å². The van der Waals surface area contributed by atoms with Gasteiger partial charge in [0.05, 0.1) is 17.8 Å². The lowest BCUT2D eigenvalue weighted by molar-refractivity contribution is -0.159. The van der Waals surface area contributed by atoms with Crippen molar-refractivity contribution in [1.82, 2.24) is 15.5 Å². The minimum Gasteiger partial charge on any atom is -0.478 e. The normalized spacial score (nSPS) is 15.9. The number of carboxylic acid groups (broad SMARTS) is 1. The molecule has 14 heteroatoms. The van der Waals surface area contributed by atoms with Crippen LogP contribution in [0.5, 0.6) is 0 Å². The van der Waals surface area contributed by atoms with Gasteiger partial charge in [-0.2, -0.15) is 18.2 Å². The number of aromatic nitrogens is 2. The smallest absolute Gasteiger partial charge is 0.471 e. The number of aromatic carboxylic acids is 1. The summed E-state index contributed by atoms with van der Waals surface area (Å²) >= 11 is 1.28. The molecule has 3 aromatic rings. The summed E-state index contributed by atoms with van der Waals surface area (Å²) in [7, 11) is 0. The van der Waals surface area contributed by atoms with E-state index in [0.717, 1.165) is 0 Å². The lowest BCUT2D eigenvalue weighted by atomic mass is 10.1. The molecule has 1 atom stereocenters. The molecular weight excluding hydrogens is 541 g/mol. The SMILES string of the molecule is CC(C)(C)OC(=O)N[C@H]1CSc2ccc(C(=O)O)cc2N(Cc2ccc(-c3noc(C(F)(F)F)n3)cc2)C1=O. The van der Waals surface area contributed by atoms with Crippen LogP contribution in [-0.4, -0.2) is 50.6 Å². The van der Waals surface area contributed by atoms with E-state index in [4.69, 9.17) is 4.74 Å². The van der Waals surface area contributed by atoms with Crippen molar-refractivity contribution < 1.29 is 41.9 Å². The average molecular weight is 565 g/mol. The molecule has 1 aliphatic rings. The van der Waals surface area contributed by atoms with Gasteiger partial charge >= 0.3 is 24.1 Å². The Bertz CT molecular complexity index is 1400. The van der Waals surface area contributed by atoms with Crippen molar-refractivity contribution in [3.05, 3.63) is 59.5 Å². The number of anilines is 1. The zero-order valence-electron chi connectivity index (χ0n) is 20.9. The molecule has 206 valence electrons. The van der Waals surface area contributed by atoms with Crippen molar-refractivity contribution in [2.75, 3.05) is 10.7 Å². The van der Waals surface area contributed by atoms with Crippen molar-refractivity contribution in [2.24, 2.45) is 0 Å². The van der Waals surface area contributed by atoms with Gasteiger partial charge in [-0.3, -0.25) is 4.79 Å². The molecule has 2 aromatic carbocycles. The molecule has 2 heterocycles. The molecule has 0 unspecified atom stereocenters. The predicted molar refractivity (Wildman–Crippen MR) is 133 cm³/mol. The van der Waals surface area contributed by atoms with Gasteiger partial charge in [-0.15, -0.1) is 11.8 Å². The van der Waals surface area contributed by atoms with Crippen LogP contribution in [0.15, 0.2) is 51.9 Å². The molecule has 4 rings (SSSR count). The van der Waals surface area contributed by atoms with Gasteiger partial charge in [0.15, 0.2) is 0 Å². The molecule has 2 amide bonds. The Morgan fingerprint density at radius 1 is 1.18 bits per heavy atom. The molecule has 1 aromatic heterocycles. The molecule has 0 aliphatic carbocycles. The number of carbonyl (C=O) groups is 3. The summed E-state index contributed by atoms with van der Waals surface area (Å²) in [6.45, 7) is 5.04. The highest BCUT2D eigenvalue weighted by Crippen LogP contribution is 2.36. The summed E-state index contributed by atoms with van der Waals surface area (Å²) in [6.07, 6.45) is -5.55. The van der Waals surface area contributed by atoms with E-state index in [2.05, 4.69) is 20.0 Å². The Balaban J connectivity index is 1.63. The summed E-state index contributed by atoms with van der Waals surface area (Å²) in [5.74, 6) is -3.22. The van der Waals surface area contributed by atoms with E-state index in [9.17, 15) is 32.7 Å². The number of carboxylic acids is 1. The lowest BCUT2D eigenvalue weighted by Gasteiger charge is -2.27. The number of halogens is 3. The summed E-state index contributed by atoms with van der Waals surface area (Å²) in [6, 6.07) is 9.51. The number of fused-ring (bicyclic) bond motifs is 1. The number of carbonyl (C=O) groups excluding carboxylic acids is 2. The van der Waals surface area contributed by atoms with E-state index in [1.165, 1.54) is 40.9 Å². The van der Waals surface area contributed by atoms with Crippen LogP contribution < -0.4 is 10.2 Å². The number of thioether (sulfide) groups is 1. The third kappa shape index (κ3) is 6.69. The maximum Gasteiger partial charge on any atom is 0.471 e. The zero-order chi connectivity index (χ0) is 28.5. The second-order valence-corrected chi connectivity index (χ2v) is 10.6. The highest BCUT2D eigenvalue weighted by atomic mass is 32.2. The molecule has 1 aliphatic heterocycles. The fourth-order valence-electron chi connectivity index (χ4n) is 3.65. The number of alkyl carbamates (subject to hydrolysis) is 1. The Labute approximate surface area is 224 Å². The number of nitrogens with zero attached hydrogens (tertiary/aromatic N) is 3. The van der Waals surface area contributed by atoms with Crippen LogP contribution in [-0.2, 0) is 22.3 Å². The van der Waals surface area contributed by atoms with E-state index in [1.54, 1.807) is 39.0 Å². The molecule has 0 saturated carbocycles. The standard InChI is InChI=1S/C25H23F3N4O6S/c1-24(2,3)37-23(36)29-16-12-39-18-9-8-15(21(34)35)10-17(18)32(20(16)33)11-13-4-6-14(7-5-13)19-30-22(38-31-19)25(26,27)28/h4-10,16H,11-12H2,1-3H3,(H,29,36)(H,34,35)/t16-/m0/s1. The van der Waals surface area contributed by atoms with Crippen molar-refractivity contribution in [2.45, 2.75) is 50.0 Å². The molecule has 0 spiro atoms. The van der Waals surface area contributed by atoms with Crippen LogP contribution in [0.3, 0.4) is 0 Å². The van der Waals surface area contributed by atoms with Gasteiger partial charge in [0.1, 0.15) is 11.6 Å². The topological polar surface area (TPSA) is 135 Å². The van der Waals surface area contributed by atoms with Crippen molar-refractivity contribution in [3.8, 4) is 11.4 Å². The number of nitrogens with one attached hydrogen (secondary N) is 1. The minimum absolute atomic E-state index is 0.0255. The number of rotatable bonds is 5. The quantitative estimate of drug-likeness (QED) is 0.440. The van der Waals surface area contributed by atoms with Gasteiger partial charge in [0.2, 0.25) is 5.82 Å². The van der Waals surface area contributed by atoms with E-state index in [0.29, 0.717) is 16.1 Å². The largest absolute Gasteiger partial charge is 0.478 e. The Morgan fingerprint density at radius 3 is 2.46 bits per heavy atom. The van der Waals surface area contributed by atoms with Crippen LogP contribution in [0.1, 0.15) is 42.6 Å². The van der Waals surface area contributed by atoms with Gasteiger partial charge in [-0.25, -0.2) is 9.59 Å². The van der Waals surface area contributed by atoms with E-state index < -0.39 is 41.7 Å². The summed E-state index contributed by atoms with van der Waals surface area (Å²) < 4.78 is 48.0. The van der Waals surface area contributed by atoms with Crippen LogP contribution in [0.25, 0.3) is 11.4 Å². The fourth-order valence-corrected chi connectivity index (χ4v) is 4.70. The van der Waals surface area contributed by atoms with E-state index in [1.807, 2.05) is 0 Å². The van der Waals surface area contributed by atoms with Gasteiger partial charge < -0.3 is 24.6 Å². The van der Waals surface area contributed by atoms with Gasteiger partial charge in [-0.1, -0.05) is 29.4 Å². The first-order valence-corrected chi connectivity index (χ1v) is 12.5. The fraction of sp³-hybridized carbons (Fsp3) is 0.320. The number of hydrogen-bond donors (Lipinski definition) is 2. The molecular formula is C25H23F3N4O6S. The van der Waals surface area contributed by atoms with Crippen LogP contribution in [0, 0.1) is 0 Å². The maximum absolute atomic E-state index is 13.6. The zero-order valence-corrected chi connectivity index (χ0v) is 21.7. The molecule has 10 nitrogen and oxygen atoms in total. The summed E-state index contributed by atoms with van der Waals surface area (Å²) in [5, 5.41) is 15.4. The Morgan fingerprint density at radius 2 is 1.87 bits per heavy atom. The number of hydrogen-bond acceptors (Lipinski definition) is 8. The molecule has 0 saturated heterocycles. The highest BCUT2D eigenvalue weighted by Gasteiger charge is 2.38. The molecule has 39 heavy (non-hydrogen) atoms.